The maximum atomic E-state index is 13.3. The van der Waals surface area contributed by atoms with E-state index in [-0.39, 0.29) is 11.0 Å². The molecule has 1 amide bonds. The molecule has 1 heterocycles. The van der Waals surface area contributed by atoms with Crippen molar-refractivity contribution in [3.63, 3.8) is 0 Å². The van der Waals surface area contributed by atoms with E-state index in [4.69, 9.17) is 0 Å². The maximum Gasteiger partial charge on any atom is 0.438 e. The topological polar surface area (TPSA) is 67.2 Å². The number of nitrogens with one attached hydrogen (secondary N) is 1. The molecule has 1 atom stereocenters. The maximum absolute atomic E-state index is 13.3. The standard InChI is InChI=1S/C18H23F3N4O2/c1-10-8-13-14(9-11(10)2)25(17(27)15(23-13)18(19,20)21)12(3)16(26)22-6-7-24(4)5/h8-9,12H,6-7H2,1-5H3,(H,22,26)/t12-/m1/s1. The predicted molar refractivity (Wildman–Crippen MR) is 96.8 cm³/mol. The number of fused-ring (bicyclic) bond motifs is 1. The molecule has 0 spiro atoms. The summed E-state index contributed by atoms with van der Waals surface area (Å²) in [6.45, 7) is 5.82. The first-order valence-electron chi connectivity index (χ1n) is 8.46. The van der Waals surface area contributed by atoms with E-state index >= 15 is 0 Å². The molecule has 1 aromatic heterocycles. The Labute approximate surface area is 155 Å². The fraction of sp³-hybridized carbons (Fsp3) is 0.500. The zero-order valence-corrected chi connectivity index (χ0v) is 15.9. The van der Waals surface area contributed by atoms with E-state index in [1.165, 1.54) is 13.0 Å². The number of amides is 1. The van der Waals surface area contributed by atoms with Crippen molar-refractivity contribution in [2.45, 2.75) is 33.0 Å². The highest BCUT2D eigenvalue weighted by Gasteiger charge is 2.38. The van der Waals surface area contributed by atoms with Crippen LogP contribution in [-0.2, 0) is 11.0 Å². The highest BCUT2D eigenvalue weighted by molar-refractivity contribution is 5.84. The zero-order chi connectivity index (χ0) is 20.5. The lowest BCUT2D eigenvalue weighted by molar-refractivity contribution is -0.142. The van der Waals surface area contributed by atoms with Gasteiger partial charge in [-0.15, -0.1) is 0 Å². The minimum absolute atomic E-state index is 0.0259. The van der Waals surface area contributed by atoms with Gasteiger partial charge in [-0.25, -0.2) is 4.98 Å². The highest BCUT2D eigenvalue weighted by Crippen LogP contribution is 2.28. The Morgan fingerprint density at radius 1 is 1.26 bits per heavy atom. The first-order valence-corrected chi connectivity index (χ1v) is 8.46. The largest absolute Gasteiger partial charge is 0.438 e. The first-order chi connectivity index (χ1) is 12.4. The Morgan fingerprint density at radius 3 is 2.41 bits per heavy atom. The number of likely N-dealkylation sites (N-methyl/N-ethyl adjacent to an activating group) is 1. The van der Waals surface area contributed by atoms with E-state index in [2.05, 4.69) is 10.3 Å². The van der Waals surface area contributed by atoms with E-state index in [0.717, 1.165) is 15.7 Å². The summed E-state index contributed by atoms with van der Waals surface area (Å²) in [6, 6.07) is 1.96. The van der Waals surface area contributed by atoms with Gasteiger partial charge in [-0.05, 0) is 58.1 Å². The summed E-state index contributed by atoms with van der Waals surface area (Å²) < 4.78 is 40.8. The molecule has 0 aliphatic rings. The number of benzene rings is 1. The highest BCUT2D eigenvalue weighted by atomic mass is 19.4. The molecule has 0 fully saturated rings. The Hall–Kier alpha value is -2.42. The van der Waals surface area contributed by atoms with Crippen LogP contribution < -0.4 is 10.9 Å². The van der Waals surface area contributed by atoms with Crippen LogP contribution in [0.1, 0.15) is 29.8 Å². The molecule has 2 rings (SSSR count). The van der Waals surface area contributed by atoms with Gasteiger partial charge >= 0.3 is 6.18 Å². The summed E-state index contributed by atoms with van der Waals surface area (Å²) in [6.07, 6.45) is -4.91. The van der Waals surface area contributed by atoms with Gasteiger partial charge in [0.1, 0.15) is 6.04 Å². The Morgan fingerprint density at radius 2 is 1.85 bits per heavy atom. The smallest absolute Gasteiger partial charge is 0.353 e. The summed E-state index contributed by atoms with van der Waals surface area (Å²) >= 11 is 0. The molecule has 1 N–H and O–H groups in total. The second-order valence-electron chi connectivity index (χ2n) is 6.83. The van der Waals surface area contributed by atoms with Crippen molar-refractivity contribution in [3.05, 3.63) is 39.3 Å². The Bertz CT molecular complexity index is 919. The molecular weight excluding hydrogens is 361 g/mol. The van der Waals surface area contributed by atoms with Crippen molar-refractivity contribution in [3.8, 4) is 0 Å². The van der Waals surface area contributed by atoms with Gasteiger partial charge in [0.25, 0.3) is 5.56 Å². The average Bonchev–Trinajstić information content (AvgIpc) is 2.54. The minimum Gasteiger partial charge on any atom is -0.353 e. The predicted octanol–water partition coefficient (Wildman–Crippen LogP) is 2.27. The number of carbonyl (C=O) groups excluding carboxylic acids is 1. The van der Waals surface area contributed by atoms with Crippen LogP contribution >= 0.6 is 0 Å². The number of carbonyl (C=O) groups is 1. The Kier molecular flexibility index (Phi) is 5.94. The van der Waals surface area contributed by atoms with E-state index in [0.29, 0.717) is 13.1 Å². The lowest BCUT2D eigenvalue weighted by Crippen LogP contribution is -2.40. The van der Waals surface area contributed by atoms with Crippen molar-refractivity contribution in [1.29, 1.82) is 0 Å². The molecule has 0 aliphatic carbocycles. The number of hydrogen-bond acceptors (Lipinski definition) is 4. The molecule has 0 saturated heterocycles. The molecule has 6 nitrogen and oxygen atoms in total. The second kappa shape index (κ2) is 7.67. The van der Waals surface area contributed by atoms with Gasteiger partial charge < -0.3 is 10.2 Å². The number of nitrogens with zero attached hydrogens (tertiary/aromatic N) is 3. The molecule has 0 bridgehead atoms. The summed E-state index contributed by atoms with van der Waals surface area (Å²) in [7, 11) is 3.66. The van der Waals surface area contributed by atoms with E-state index in [1.807, 2.05) is 19.0 Å². The normalized spacial score (nSPS) is 13.2. The van der Waals surface area contributed by atoms with Gasteiger partial charge in [0, 0.05) is 13.1 Å². The fourth-order valence-electron chi connectivity index (χ4n) is 2.70. The number of rotatable bonds is 5. The summed E-state index contributed by atoms with van der Waals surface area (Å²) in [5, 5.41) is 2.65. The van der Waals surface area contributed by atoms with Crippen LogP contribution in [0.15, 0.2) is 16.9 Å². The van der Waals surface area contributed by atoms with Crippen molar-refractivity contribution >= 4 is 16.9 Å². The molecule has 0 saturated carbocycles. The number of hydrogen-bond donors (Lipinski definition) is 1. The molecule has 0 aliphatic heterocycles. The van der Waals surface area contributed by atoms with Crippen LogP contribution in [-0.4, -0.2) is 47.5 Å². The van der Waals surface area contributed by atoms with Crippen molar-refractivity contribution in [2.75, 3.05) is 27.2 Å². The van der Waals surface area contributed by atoms with Crippen molar-refractivity contribution in [1.82, 2.24) is 19.8 Å². The molecular formula is C18H23F3N4O2. The van der Waals surface area contributed by atoms with Crippen LogP contribution in [0.3, 0.4) is 0 Å². The van der Waals surface area contributed by atoms with Gasteiger partial charge in [-0.1, -0.05) is 0 Å². The number of aryl methyl sites for hydroxylation is 2. The van der Waals surface area contributed by atoms with Gasteiger partial charge in [-0.2, -0.15) is 13.2 Å². The van der Waals surface area contributed by atoms with Gasteiger partial charge in [0.15, 0.2) is 0 Å². The van der Waals surface area contributed by atoms with Crippen LogP contribution in [0.25, 0.3) is 11.0 Å². The lowest BCUT2D eigenvalue weighted by atomic mass is 10.1. The third-order valence-electron chi connectivity index (χ3n) is 4.40. The summed E-state index contributed by atoms with van der Waals surface area (Å²) in [5.74, 6) is -0.530. The van der Waals surface area contributed by atoms with Crippen LogP contribution in [0, 0.1) is 13.8 Å². The second-order valence-corrected chi connectivity index (χ2v) is 6.83. The van der Waals surface area contributed by atoms with E-state index in [9.17, 15) is 22.8 Å². The number of aromatic nitrogens is 2. The molecule has 9 heteroatoms. The monoisotopic (exact) mass is 384 g/mol. The van der Waals surface area contributed by atoms with Gasteiger partial charge in [0.2, 0.25) is 11.6 Å². The van der Waals surface area contributed by atoms with Gasteiger partial charge in [0.05, 0.1) is 11.0 Å². The number of halogens is 3. The van der Waals surface area contributed by atoms with Crippen LogP contribution in [0.4, 0.5) is 13.2 Å². The molecule has 148 valence electrons. The molecule has 1 aromatic carbocycles. The van der Waals surface area contributed by atoms with Crippen LogP contribution in [0.2, 0.25) is 0 Å². The van der Waals surface area contributed by atoms with Crippen molar-refractivity contribution < 1.29 is 18.0 Å². The van der Waals surface area contributed by atoms with Crippen molar-refractivity contribution in [2.24, 2.45) is 0 Å². The zero-order valence-electron chi connectivity index (χ0n) is 15.9. The summed E-state index contributed by atoms with van der Waals surface area (Å²) in [4.78, 5) is 30.4. The SMILES string of the molecule is Cc1cc2nc(C(F)(F)F)c(=O)n([C@H](C)C(=O)NCCN(C)C)c2cc1C. The first kappa shape index (κ1) is 20.9. The lowest BCUT2D eigenvalue weighted by Gasteiger charge is -2.20. The summed E-state index contributed by atoms with van der Waals surface area (Å²) in [5.41, 5.74) is -1.09. The van der Waals surface area contributed by atoms with E-state index < -0.39 is 29.4 Å². The van der Waals surface area contributed by atoms with E-state index in [1.54, 1.807) is 19.9 Å². The fourth-order valence-corrected chi connectivity index (χ4v) is 2.70. The molecule has 0 radical (unpaired) electrons. The molecule has 0 unspecified atom stereocenters. The average molecular weight is 384 g/mol. The Balaban J connectivity index is 2.62. The van der Waals surface area contributed by atoms with Gasteiger partial charge in [-0.3, -0.25) is 14.2 Å². The minimum atomic E-state index is -4.91. The third kappa shape index (κ3) is 4.47. The molecule has 27 heavy (non-hydrogen) atoms. The molecule has 2 aromatic rings. The van der Waals surface area contributed by atoms with Crippen LogP contribution in [0.5, 0.6) is 0 Å². The number of alkyl halides is 3. The third-order valence-corrected chi connectivity index (χ3v) is 4.40. The quantitative estimate of drug-likeness (QED) is 0.859.